The lowest BCUT2D eigenvalue weighted by atomic mass is 10.0. The van der Waals surface area contributed by atoms with E-state index >= 15 is 0 Å². The molecule has 0 aliphatic heterocycles. The minimum absolute atomic E-state index is 0. The third kappa shape index (κ3) is 4.20. The van der Waals surface area contributed by atoms with Crippen molar-refractivity contribution in [2.75, 3.05) is 0 Å². The van der Waals surface area contributed by atoms with E-state index in [1.807, 2.05) is 6.92 Å². The van der Waals surface area contributed by atoms with Gasteiger partial charge < -0.3 is 5.73 Å². The van der Waals surface area contributed by atoms with Crippen molar-refractivity contribution in [2.24, 2.45) is 5.73 Å². The van der Waals surface area contributed by atoms with Crippen molar-refractivity contribution in [1.82, 2.24) is 0 Å². The first-order chi connectivity index (χ1) is 6.50. The molecule has 0 aliphatic carbocycles. The van der Waals surface area contributed by atoms with E-state index in [4.69, 9.17) is 17.3 Å². The first-order valence-electron chi connectivity index (χ1n) is 4.35. The fourth-order valence-electron chi connectivity index (χ4n) is 1.24. The summed E-state index contributed by atoms with van der Waals surface area (Å²) >= 11 is 5.64. The van der Waals surface area contributed by atoms with Crippen LogP contribution in [0.15, 0.2) is 30.4 Å². The molecular formula is C11H14Cl2FN. The maximum absolute atomic E-state index is 12.8. The lowest BCUT2D eigenvalue weighted by molar-refractivity contribution is 0.625. The SMILES string of the molecule is C=C(C)C[C@@H](N)c1ccc(F)c(Cl)c1.Cl. The van der Waals surface area contributed by atoms with Crippen molar-refractivity contribution >= 4 is 24.0 Å². The highest BCUT2D eigenvalue weighted by molar-refractivity contribution is 6.30. The Bertz CT molecular complexity index is 352. The Morgan fingerprint density at radius 1 is 1.60 bits per heavy atom. The summed E-state index contributed by atoms with van der Waals surface area (Å²) in [5.41, 5.74) is 7.70. The van der Waals surface area contributed by atoms with Crippen molar-refractivity contribution in [3.05, 3.63) is 46.8 Å². The Balaban J connectivity index is 0.00000196. The highest BCUT2D eigenvalue weighted by Crippen LogP contribution is 2.22. The number of rotatable bonds is 3. The first-order valence-corrected chi connectivity index (χ1v) is 4.73. The second kappa shape index (κ2) is 6.11. The van der Waals surface area contributed by atoms with E-state index in [1.165, 1.54) is 6.07 Å². The molecule has 0 aliphatic rings. The molecule has 1 aromatic rings. The largest absolute Gasteiger partial charge is 0.324 e. The van der Waals surface area contributed by atoms with Gasteiger partial charge in [-0.3, -0.25) is 0 Å². The van der Waals surface area contributed by atoms with Gasteiger partial charge in [0.25, 0.3) is 0 Å². The molecular weight excluding hydrogens is 236 g/mol. The maximum Gasteiger partial charge on any atom is 0.141 e. The molecule has 0 radical (unpaired) electrons. The van der Waals surface area contributed by atoms with Crippen LogP contribution in [-0.4, -0.2) is 0 Å². The summed E-state index contributed by atoms with van der Waals surface area (Å²) in [6.07, 6.45) is 0.683. The van der Waals surface area contributed by atoms with Crippen LogP contribution < -0.4 is 5.73 Å². The molecule has 0 aromatic heterocycles. The molecule has 0 bridgehead atoms. The molecule has 1 nitrogen and oxygen atoms in total. The fraction of sp³-hybridized carbons (Fsp3) is 0.273. The number of halogens is 3. The normalized spacial score (nSPS) is 11.7. The molecule has 0 fully saturated rings. The molecule has 1 aromatic carbocycles. The van der Waals surface area contributed by atoms with Crippen molar-refractivity contribution < 1.29 is 4.39 Å². The molecule has 1 atom stereocenters. The van der Waals surface area contributed by atoms with Gasteiger partial charge in [-0.2, -0.15) is 0 Å². The smallest absolute Gasteiger partial charge is 0.141 e. The average Bonchev–Trinajstić information content (AvgIpc) is 2.08. The van der Waals surface area contributed by atoms with Gasteiger partial charge in [-0.1, -0.05) is 23.2 Å². The Kier molecular flexibility index (Phi) is 5.88. The lowest BCUT2D eigenvalue weighted by Gasteiger charge is -2.12. The zero-order valence-electron chi connectivity index (χ0n) is 8.47. The van der Waals surface area contributed by atoms with Crippen LogP contribution in [0.3, 0.4) is 0 Å². The van der Waals surface area contributed by atoms with Crippen LogP contribution in [-0.2, 0) is 0 Å². The van der Waals surface area contributed by atoms with Gasteiger partial charge in [0, 0.05) is 6.04 Å². The topological polar surface area (TPSA) is 26.0 Å². The van der Waals surface area contributed by atoms with Crippen molar-refractivity contribution in [3.8, 4) is 0 Å². The van der Waals surface area contributed by atoms with Crippen LogP contribution in [0.25, 0.3) is 0 Å². The molecule has 0 unspecified atom stereocenters. The highest BCUT2D eigenvalue weighted by Gasteiger charge is 2.08. The van der Waals surface area contributed by atoms with E-state index in [1.54, 1.807) is 12.1 Å². The maximum atomic E-state index is 12.8. The minimum atomic E-state index is -0.419. The summed E-state index contributed by atoms with van der Waals surface area (Å²) < 4.78 is 12.8. The van der Waals surface area contributed by atoms with Crippen LogP contribution in [0.1, 0.15) is 24.9 Å². The summed E-state index contributed by atoms with van der Waals surface area (Å²) in [5.74, 6) is -0.419. The minimum Gasteiger partial charge on any atom is -0.324 e. The zero-order chi connectivity index (χ0) is 10.7. The van der Waals surface area contributed by atoms with Crippen LogP contribution >= 0.6 is 24.0 Å². The zero-order valence-corrected chi connectivity index (χ0v) is 10.0. The van der Waals surface area contributed by atoms with Crippen molar-refractivity contribution in [2.45, 2.75) is 19.4 Å². The second-order valence-corrected chi connectivity index (χ2v) is 3.85. The molecule has 0 spiro atoms. The summed E-state index contributed by atoms with van der Waals surface area (Å²) in [6.45, 7) is 5.68. The van der Waals surface area contributed by atoms with Gasteiger partial charge in [-0.05, 0) is 31.0 Å². The van der Waals surface area contributed by atoms with E-state index < -0.39 is 5.82 Å². The van der Waals surface area contributed by atoms with E-state index in [-0.39, 0.29) is 23.5 Å². The highest BCUT2D eigenvalue weighted by atomic mass is 35.5. The second-order valence-electron chi connectivity index (χ2n) is 3.44. The van der Waals surface area contributed by atoms with Gasteiger partial charge >= 0.3 is 0 Å². The fourth-order valence-corrected chi connectivity index (χ4v) is 1.43. The van der Waals surface area contributed by atoms with Crippen LogP contribution in [0, 0.1) is 5.82 Å². The van der Waals surface area contributed by atoms with E-state index in [2.05, 4.69) is 6.58 Å². The third-order valence-corrected chi connectivity index (χ3v) is 2.23. The molecule has 84 valence electrons. The standard InChI is InChI=1S/C11H13ClFN.ClH/c1-7(2)5-11(14)8-3-4-10(13)9(12)6-8;/h3-4,6,11H,1,5,14H2,2H3;1H/t11-;/m1./s1. The molecule has 0 saturated heterocycles. The number of nitrogens with two attached hydrogens (primary N) is 1. The van der Waals surface area contributed by atoms with Gasteiger partial charge in [0.15, 0.2) is 0 Å². The lowest BCUT2D eigenvalue weighted by Crippen LogP contribution is -2.10. The summed E-state index contributed by atoms with van der Waals surface area (Å²) in [7, 11) is 0. The van der Waals surface area contributed by atoms with Gasteiger partial charge in [-0.15, -0.1) is 19.0 Å². The average molecular weight is 250 g/mol. The van der Waals surface area contributed by atoms with E-state index in [0.717, 1.165) is 11.1 Å². The Morgan fingerprint density at radius 2 is 2.20 bits per heavy atom. The Hall–Kier alpha value is -0.570. The van der Waals surface area contributed by atoms with Gasteiger partial charge in [0.2, 0.25) is 0 Å². The predicted molar refractivity (Wildman–Crippen MR) is 65.0 cm³/mol. The number of hydrogen-bond acceptors (Lipinski definition) is 1. The summed E-state index contributed by atoms with van der Waals surface area (Å²) in [5, 5.41) is 0.111. The van der Waals surface area contributed by atoms with Crippen LogP contribution in [0.2, 0.25) is 5.02 Å². The first kappa shape index (κ1) is 14.4. The molecule has 0 saturated carbocycles. The van der Waals surface area contributed by atoms with E-state index in [0.29, 0.717) is 6.42 Å². The van der Waals surface area contributed by atoms with E-state index in [9.17, 15) is 4.39 Å². The molecule has 2 N–H and O–H groups in total. The Morgan fingerprint density at radius 3 is 2.67 bits per heavy atom. The van der Waals surface area contributed by atoms with Gasteiger partial charge in [0.1, 0.15) is 5.82 Å². The van der Waals surface area contributed by atoms with Gasteiger partial charge in [-0.25, -0.2) is 4.39 Å². The summed E-state index contributed by atoms with van der Waals surface area (Å²) in [6, 6.07) is 4.38. The quantitative estimate of drug-likeness (QED) is 0.809. The summed E-state index contributed by atoms with van der Waals surface area (Å²) in [4.78, 5) is 0. The molecule has 0 heterocycles. The monoisotopic (exact) mass is 249 g/mol. The van der Waals surface area contributed by atoms with Crippen molar-refractivity contribution in [3.63, 3.8) is 0 Å². The Labute approximate surface area is 101 Å². The molecule has 4 heteroatoms. The number of benzene rings is 1. The van der Waals surface area contributed by atoms with Crippen LogP contribution in [0.5, 0.6) is 0 Å². The van der Waals surface area contributed by atoms with Crippen molar-refractivity contribution in [1.29, 1.82) is 0 Å². The van der Waals surface area contributed by atoms with Crippen LogP contribution in [0.4, 0.5) is 4.39 Å². The molecule has 15 heavy (non-hydrogen) atoms. The van der Waals surface area contributed by atoms with Gasteiger partial charge in [0.05, 0.1) is 5.02 Å². The molecule has 0 amide bonds. The number of hydrogen-bond donors (Lipinski definition) is 1. The predicted octanol–water partition coefficient (Wildman–Crippen LogP) is 3.87. The third-order valence-electron chi connectivity index (χ3n) is 1.94. The molecule has 1 rings (SSSR count).